The first-order valence-corrected chi connectivity index (χ1v) is 7.13. The van der Waals surface area contributed by atoms with Crippen molar-refractivity contribution < 1.29 is 14.3 Å². The lowest BCUT2D eigenvalue weighted by atomic mass is 10.1. The lowest BCUT2D eigenvalue weighted by Gasteiger charge is -2.28. The van der Waals surface area contributed by atoms with E-state index in [9.17, 15) is 9.59 Å². The van der Waals surface area contributed by atoms with Gasteiger partial charge in [0.05, 0.1) is 17.9 Å². The van der Waals surface area contributed by atoms with Gasteiger partial charge in [-0.3, -0.25) is 9.78 Å². The molecule has 2 amide bonds. The normalized spacial score (nSPS) is 11.7. The van der Waals surface area contributed by atoms with Crippen molar-refractivity contribution in [3.05, 3.63) is 23.2 Å². The molecular formula is C14H21ClN4O3. The van der Waals surface area contributed by atoms with E-state index in [1.165, 1.54) is 12.4 Å². The summed E-state index contributed by atoms with van der Waals surface area (Å²) in [6, 6.07) is 0. The molecule has 7 nitrogen and oxygen atoms in total. The first-order chi connectivity index (χ1) is 9.98. The van der Waals surface area contributed by atoms with Crippen LogP contribution in [0.15, 0.2) is 12.4 Å². The van der Waals surface area contributed by atoms with Gasteiger partial charge in [0.1, 0.15) is 16.4 Å². The maximum absolute atomic E-state index is 11.9. The SMILES string of the molecule is CC(C)(CNC(=O)c1cncc(Cl)n1)NC(=O)OC(C)(C)C. The molecule has 0 aliphatic heterocycles. The number of rotatable bonds is 4. The van der Waals surface area contributed by atoms with Gasteiger partial charge in [0.25, 0.3) is 5.91 Å². The standard InChI is InChI=1S/C14H21ClN4O3/c1-13(2,3)22-12(21)19-14(4,5)8-17-11(20)9-6-16-7-10(15)18-9/h6-7H,8H2,1-5H3,(H,17,20)(H,19,21). The number of halogens is 1. The van der Waals surface area contributed by atoms with E-state index < -0.39 is 23.1 Å². The Kier molecular flexibility index (Phi) is 5.71. The quantitative estimate of drug-likeness (QED) is 0.883. The van der Waals surface area contributed by atoms with Gasteiger partial charge in [-0.1, -0.05) is 11.6 Å². The first-order valence-electron chi connectivity index (χ1n) is 6.75. The Balaban J connectivity index is 2.55. The Morgan fingerprint density at radius 2 is 1.86 bits per heavy atom. The van der Waals surface area contributed by atoms with E-state index in [0.29, 0.717) is 0 Å². The summed E-state index contributed by atoms with van der Waals surface area (Å²) in [5.41, 5.74) is -1.16. The third-order valence-corrected chi connectivity index (χ3v) is 2.55. The molecule has 0 fully saturated rings. The molecule has 0 aliphatic carbocycles. The van der Waals surface area contributed by atoms with Gasteiger partial charge < -0.3 is 15.4 Å². The van der Waals surface area contributed by atoms with Crippen LogP contribution < -0.4 is 10.6 Å². The topological polar surface area (TPSA) is 93.2 Å². The molecule has 0 saturated carbocycles. The number of alkyl carbamates (subject to hydrolysis) is 1. The second-order valence-electron chi connectivity index (χ2n) is 6.42. The number of nitrogens with one attached hydrogen (secondary N) is 2. The average molecular weight is 329 g/mol. The molecule has 122 valence electrons. The summed E-state index contributed by atoms with van der Waals surface area (Å²) < 4.78 is 5.18. The molecule has 0 spiro atoms. The highest BCUT2D eigenvalue weighted by Crippen LogP contribution is 2.09. The second kappa shape index (κ2) is 6.91. The van der Waals surface area contributed by atoms with Crippen molar-refractivity contribution >= 4 is 23.6 Å². The number of carbonyl (C=O) groups is 2. The molecule has 1 aromatic rings. The molecule has 22 heavy (non-hydrogen) atoms. The maximum Gasteiger partial charge on any atom is 0.408 e. The lowest BCUT2D eigenvalue weighted by Crippen LogP contribution is -2.52. The molecule has 1 rings (SSSR count). The number of hydrogen-bond acceptors (Lipinski definition) is 5. The molecule has 0 aromatic carbocycles. The minimum atomic E-state index is -0.690. The van der Waals surface area contributed by atoms with Crippen LogP contribution in [0.25, 0.3) is 0 Å². The Bertz CT molecular complexity index is 555. The summed E-state index contributed by atoms with van der Waals surface area (Å²) >= 11 is 5.68. The van der Waals surface area contributed by atoms with E-state index in [1.807, 2.05) is 0 Å². The molecule has 0 aliphatic rings. The first kappa shape index (κ1) is 18.2. The van der Waals surface area contributed by atoms with Crippen LogP contribution >= 0.6 is 11.6 Å². The fourth-order valence-corrected chi connectivity index (χ4v) is 1.61. The van der Waals surface area contributed by atoms with E-state index in [1.54, 1.807) is 34.6 Å². The van der Waals surface area contributed by atoms with Gasteiger partial charge >= 0.3 is 6.09 Å². The summed E-state index contributed by atoms with van der Waals surface area (Å²) in [6.07, 6.45) is 2.11. The average Bonchev–Trinajstić information content (AvgIpc) is 2.33. The van der Waals surface area contributed by atoms with Gasteiger partial charge in [0, 0.05) is 6.54 Å². The number of ether oxygens (including phenoxy) is 1. The fourth-order valence-electron chi connectivity index (χ4n) is 1.47. The smallest absolute Gasteiger partial charge is 0.408 e. The van der Waals surface area contributed by atoms with Crippen molar-refractivity contribution in [3.63, 3.8) is 0 Å². The van der Waals surface area contributed by atoms with Crippen molar-refractivity contribution in [1.29, 1.82) is 0 Å². The molecule has 1 aromatic heterocycles. The van der Waals surface area contributed by atoms with Crippen molar-refractivity contribution in [2.24, 2.45) is 0 Å². The Morgan fingerprint density at radius 1 is 1.23 bits per heavy atom. The highest BCUT2D eigenvalue weighted by molar-refractivity contribution is 6.29. The van der Waals surface area contributed by atoms with Gasteiger partial charge in [-0.05, 0) is 34.6 Å². The van der Waals surface area contributed by atoms with Crippen LogP contribution in [0.5, 0.6) is 0 Å². The van der Waals surface area contributed by atoms with Crippen molar-refractivity contribution in [2.45, 2.75) is 45.8 Å². The van der Waals surface area contributed by atoms with Crippen LogP contribution in [0.2, 0.25) is 5.15 Å². The summed E-state index contributed by atoms with van der Waals surface area (Å²) in [6.45, 7) is 9.05. The molecule has 0 saturated heterocycles. The largest absolute Gasteiger partial charge is 0.444 e. The summed E-state index contributed by atoms with van der Waals surface area (Å²) in [5, 5.41) is 5.50. The van der Waals surface area contributed by atoms with Crippen LogP contribution in [-0.4, -0.2) is 39.7 Å². The van der Waals surface area contributed by atoms with Crippen LogP contribution in [-0.2, 0) is 4.74 Å². The molecular weight excluding hydrogens is 308 g/mol. The van der Waals surface area contributed by atoms with Crippen LogP contribution in [0, 0.1) is 0 Å². The van der Waals surface area contributed by atoms with Crippen LogP contribution in [0.4, 0.5) is 4.79 Å². The minimum Gasteiger partial charge on any atom is -0.444 e. The van der Waals surface area contributed by atoms with E-state index in [-0.39, 0.29) is 17.4 Å². The fraction of sp³-hybridized carbons (Fsp3) is 0.571. The van der Waals surface area contributed by atoms with Gasteiger partial charge in [-0.25, -0.2) is 9.78 Å². The third kappa shape index (κ3) is 6.71. The molecule has 0 unspecified atom stereocenters. The van der Waals surface area contributed by atoms with Gasteiger partial charge in [0.2, 0.25) is 0 Å². The van der Waals surface area contributed by atoms with Crippen molar-refractivity contribution in [2.75, 3.05) is 6.54 Å². The zero-order chi connectivity index (χ0) is 17.0. The highest BCUT2D eigenvalue weighted by Gasteiger charge is 2.25. The summed E-state index contributed by atoms with van der Waals surface area (Å²) in [4.78, 5) is 31.3. The Hall–Kier alpha value is -1.89. The molecule has 0 atom stereocenters. The number of aromatic nitrogens is 2. The number of carbonyl (C=O) groups excluding carboxylic acids is 2. The Morgan fingerprint density at radius 3 is 2.41 bits per heavy atom. The molecule has 2 N–H and O–H groups in total. The van der Waals surface area contributed by atoms with E-state index >= 15 is 0 Å². The van der Waals surface area contributed by atoms with Gasteiger partial charge in [0.15, 0.2) is 0 Å². The molecule has 8 heteroatoms. The zero-order valence-electron chi connectivity index (χ0n) is 13.4. The molecule has 1 heterocycles. The minimum absolute atomic E-state index is 0.112. The predicted molar refractivity (Wildman–Crippen MR) is 82.8 cm³/mol. The van der Waals surface area contributed by atoms with Gasteiger partial charge in [-0.15, -0.1) is 0 Å². The summed E-state index contributed by atoms with van der Waals surface area (Å²) in [7, 11) is 0. The van der Waals surface area contributed by atoms with Gasteiger partial charge in [-0.2, -0.15) is 0 Å². The highest BCUT2D eigenvalue weighted by atomic mass is 35.5. The number of amides is 2. The Labute approximate surface area is 134 Å². The molecule has 0 bridgehead atoms. The molecule has 0 radical (unpaired) electrons. The third-order valence-electron chi connectivity index (χ3n) is 2.37. The van der Waals surface area contributed by atoms with E-state index in [4.69, 9.17) is 16.3 Å². The monoisotopic (exact) mass is 328 g/mol. The number of nitrogens with zero attached hydrogens (tertiary/aromatic N) is 2. The maximum atomic E-state index is 11.9. The zero-order valence-corrected chi connectivity index (χ0v) is 14.1. The van der Waals surface area contributed by atoms with Crippen LogP contribution in [0.3, 0.4) is 0 Å². The summed E-state index contributed by atoms with van der Waals surface area (Å²) in [5.74, 6) is -0.422. The van der Waals surface area contributed by atoms with Crippen molar-refractivity contribution in [1.82, 2.24) is 20.6 Å². The lowest BCUT2D eigenvalue weighted by molar-refractivity contribution is 0.0469. The number of hydrogen-bond donors (Lipinski definition) is 2. The second-order valence-corrected chi connectivity index (χ2v) is 6.81. The van der Waals surface area contributed by atoms with E-state index in [2.05, 4.69) is 20.6 Å². The van der Waals surface area contributed by atoms with E-state index in [0.717, 1.165) is 0 Å². The van der Waals surface area contributed by atoms with Crippen molar-refractivity contribution in [3.8, 4) is 0 Å². The predicted octanol–water partition coefficient (Wildman–Crippen LogP) is 2.16. The van der Waals surface area contributed by atoms with Crippen LogP contribution in [0.1, 0.15) is 45.1 Å².